The summed E-state index contributed by atoms with van der Waals surface area (Å²) in [4.78, 5) is 23.9. The zero-order valence-corrected chi connectivity index (χ0v) is 13.0. The van der Waals surface area contributed by atoms with Crippen LogP contribution in [0.3, 0.4) is 0 Å². The Labute approximate surface area is 129 Å². The van der Waals surface area contributed by atoms with Crippen LogP contribution in [0.2, 0.25) is 0 Å². The Kier molecular flexibility index (Phi) is 3.96. The number of anilines is 1. The fourth-order valence-electron chi connectivity index (χ4n) is 3.04. The molecule has 0 radical (unpaired) electrons. The number of hydrogen-bond acceptors (Lipinski definition) is 4. The van der Waals surface area contributed by atoms with Gasteiger partial charge in [0.2, 0.25) is 5.91 Å². The fraction of sp³-hybridized carbons (Fsp3) is 0.600. The standard InChI is InChI=1S/C15H21N5O2/c1-10-9-16-20(11-5-3-4-6-11)14(10)17-15(22)12-7-8-13(21)19(2)18-12/h9,11H,3-8H2,1-2H3,(H,17,22). The van der Waals surface area contributed by atoms with Crippen molar-refractivity contribution in [2.75, 3.05) is 12.4 Å². The summed E-state index contributed by atoms with van der Waals surface area (Å²) in [5, 5.41) is 12.6. The maximum atomic E-state index is 12.4. The monoisotopic (exact) mass is 303 g/mol. The molecule has 118 valence electrons. The van der Waals surface area contributed by atoms with Gasteiger partial charge in [-0.15, -0.1) is 0 Å². The molecule has 7 nitrogen and oxygen atoms in total. The summed E-state index contributed by atoms with van der Waals surface area (Å²) in [7, 11) is 1.57. The smallest absolute Gasteiger partial charge is 0.273 e. The number of aromatic nitrogens is 2. The van der Waals surface area contributed by atoms with E-state index in [0.29, 0.717) is 24.6 Å². The van der Waals surface area contributed by atoms with Gasteiger partial charge in [0.05, 0.1) is 12.2 Å². The fourth-order valence-corrected chi connectivity index (χ4v) is 3.04. The quantitative estimate of drug-likeness (QED) is 0.925. The van der Waals surface area contributed by atoms with Crippen molar-refractivity contribution >= 4 is 23.3 Å². The largest absolute Gasteiger partial charge is 0.305 e. The molecule has 0 aromatic carbocycles. The Balaban J connectivity index is 1.78. The molecule has 1 fully saturated rings. The van der Waals surface area contributed by atoms with Gasteiger partial charge in [0.1, 0.15) is 11.5 Å². The first-order valence-electron chi connectivity index (χ1n) is 7.75. The second-order valence-electron chi connectivity index (χ2n) is 5.98. The van der Waals surface area contributed by atoms with E-state index in [-0.39, 0.29) is 11.8 Å². The maximum Gasteiger partial charge on any atom is 0.273 e. The Morgan fingerprint density at radius 3 is 2.73 bits per heavy atom. The molecule has 3 rings (SSSR count). The molecule has 2 amide bonds. The number of nitrogens with zero attached hydrogens (tertiary/aromatic N) is 4. The summed E-state index contributed by atoms with van der Waals surface area (Å²) in [6.07, 6.45) is 7.10. The first-order chi connectivity index (χ1) is 10.6. The SMILES string of the molecule is Cc1cnn(C2CCCC2)c1NC(=O)C1=NN(C)C(=O)CC1. The number of nitrogens with one attached hydrogen (secondary N) is 1. The third-order valence-electron chi connectivity index (χ3n) is 4.35. The average Bonchev–Trinajstić information content (AvgIpc) is 3.13. The minimum Gasteiger partial charge on any atom is -0.305 e. The average molecular weight is 303 g/mol. The third kappa shape index (κ3) is 2.75. The number of rotatable bonds is 3. The van der Waals surface area contributed by atoms with Gasteiger partial charge in [-0.3, -0.25) is 9.59 Å². The van der Waals surface area contributed by atoms with Crippen LogP contribution < -0.4 is 5.32 Å². The van der Waals surface area contributed by atoms with Gasteiger partial charge in [0, 0.05) is 25.5 Å². The Bertz CT molecular complexity index is 628. The van der Waals surface area contributed by atoms with Gasteiger partial charge < -0.3 is 5.32 Å². The summed E-state index contributed by atoms with van der Waals surface area (Å²) in [6, 6.07) is 0.363. The van der Waals surface area contributed by atoms with Gasteiger partial charge in [-0.25, -0.2) is 9.69 Å². The van der Waals surface area contributed by atoms with E-state index >= 15 is 0 Å². The molecule has 0 bridgehead atoms. The van der Waals surface area contributed by atoms with Crippen molar-refractivity contribution < 1.29 is 9.59 Å². The van der Waals surface area contributed by atoms with E-state index in [0.717, 1.165) is 24.2 Å². The second-order valence-corrected chi connectivity index (χ2v) is 5.98. The van der Waals surface area contributed by atoms with Gasteiger partial charge in [0.15, 0.2) is 0 Å². The number of aryl methyl sites for hydroxylation is 1. The molecule has 2 heterocycles. The van der Waals surface area contributed by atoms with Crippen LogP contribution in [0.15, 0.2) is 11.3 Å². The third-order valence-corrected chi connectivity index (χ3v) is 4.35. The molecule has 1 aromatic rings. The predicted octanol–water partition coefficient (Wildman–Crippen LogP) is 1.85. The minimum atomic E-state index is -0.248. The molecule has 1 aliphatic carbocycles. The zero-order chi connectivity index (χ0) is 15.7. The summed E-state index contributed by atoms with van der Waals surface area (Å²) in [6.45, 7) is 1.94. The molecule has 0 atom stereocenters. The Morgan fingerprint density at radius 2 is 2.05 bits per heavy atom. The summed E-state index contributed by atoms with van der Waals surface area (Å²) in [5.74, 6) is 0.435. The number of carbonyl (C=O) groups is 2. The lowest BCUT2D eigenvalue weighted by molar-refractivity contribution is -0.130. The highest BCUT2D eigenvalue weighted by atomic mass is 16.2. The van der Waals surface area contributed by atoms with E-state index < -0.39 is 0 Å². The van der Waals surface area contributed by atoms with Crippen molar-refractivity contribution in [3.05, 3.63) is 11.8 Å². The number of hydrogen-bond donors (Lipinski definition) is 1. The van der Waals surface area contributed by atoms with Crippen LogP contribution >= 0.6 is 0 Å². The van der Waals surface area contributed by atoms with Gasteiger partial charge in [-0.2, -0.15) is 10.2 Å². The van der Waals surface area contributed by atoms with Crippen LogP contribution in [0.25, 0.3) is 0 Å². The van der Waals surface area contributed by atoms with Gasteiger partial charge >= 0.3 is 0 Å². The summed E-state index contributed by atoms with van der Waals surface area (Å²) >= 11 is 0. The molecular weight excluding hydrogens is 282 g/mol. The molecule has 1 N–H and O–H groups in total. The van der Waals surface area contributed by atoms with E-state index in [4.69, 9.17) is 0 Å². The number of carbonyl (C=O) groups excluding carboxylic acids is 2. The number of amides is 2. The summed E-state index contributed by atoms with van der Waals surface area (Å²) < 4.78 is 1.93. The van der Waals surface area contributed by atoms with E-state index in [1.807, 2.05) is 11.6 Å². The van der Waals surface area contributed by atoms with Crippen LogP contribution in [-0.4, -0.2) is 39.4 Å². The highest BCUT2D eigenvalue weighted by Gasteiger charge is 2.25. The van der Waals surface area contributed by atoms with Gasteiger partial charge in [-0.1, -0.05) is 12.8 Å². The van der Waals surface area contributed by atoms with Crippen LogP contribution in [0.4, 0.5) is 5.82 Å². The van der Waals surface area contributed by atoms with Crippen molar-refractivity contribution in [1.29, 1.82) is 0 Å². The van der Waals surface area contributed by atoms with E-state index in [2.05, 4.69) is 15.5 Å². The van der Waals surface area contributed by atoms with Crippen molar-refractivity contribution in [3.8, 4) is 0 Å². The van der Waals surface area contributed by atoms with Crippen LogP contribution in [0.5, 0.6) is 0 Å². The Morgan fingerprint density at radius 1 is 1.32 bits per heavy atom. The highest BCUT2D eigenvalue weighted by molar-refractivity contribution is 6.43. The van der Waals surface area contributed by atoms with Crippen molar-refractivity contribution in [2.45, 2.75) is 51.5 Å². The molecule has 1 saturated carbocycles. The molecular formula is C15H21N5O2. The molecule has 1 aromatic heterocycles. The lowest BCUT2D eigenvalue weighted by Gasteiger charge is -2.20. The van der Waals surface area contributed by atoms with Crippen LogP contribution in [0.1, 0.15) is 50.1 Å². The van der Waals surface area contributed by atoms with Crippen molar-refractivity contribution in [2.24, 2.45) is 5.10 Å². The van der Waals surface area contributed by atoms with Crippen LogP contribution in [0, 0.1) is 6.92 Å². The van der Waals surface area contributed by atoms with Crippen molar-refractivity contribution in [3.63, 3.8) is 0 Å². The first-order valence-corrected chi connectivity index (χ1v) is 7.75. The van der Waals surface area contributed by atoms with E-state index in [1.54, 1.807) is 13.2 Å². The molecule has 0 unspecified atom stereocenters. The molecule has 2 aliphatic rings. The molecule has 1 aliphatic heterocycles. The normalized spacial score (nSPS) is 19.5. The van der Waals surface area contributed by atoms with E-state index in [1.165, 1.54) is 17.9 Å². The second kappa shape index (κ2) is 5.90. The zero-order valence-electron chi connectivity index (χ0n) is 13.0. The lowest BCUT2D eigenvalue weighted by Crippen LogP contribution is -2.34. The highest BCUT2D eigenvalue weighted by Crippen LogP contribution is 2.32. The van der Waals surface area contributed by atoms with Crippen LogP contribution in [-0.2, 0) is 9.59 Å². The molecule has 0 saturated heterocycles. The summed E-state index contributed by atoms with van der Waals surface area (Å²) in [5.41, 5.74) is 1.33. The van der Waals surface area contributed by atoms with Gasteiger partial charge in [0.25, 0.3) is 5.91 Å². The van der Waals surface area contributed by atoms with Gasteiger partial charge in [-0.05, 0) is 19.8 Å². The minimum absolute atomic E-state index is 0.0660. The van der Waals surface area contributed by atoms with Crippen molar-refractivity contribution in [1.82, 2.24) is 14.8 Å². The first kappa shape index (κ1) is 14.7. The number of hydrazone groups is 1. The molecule has 0 spiro atoms. The molecule has 22 heavy (non-hydrogen) atoms. The maximum absolute atomic E-state index is 12.4. The lowest BCUT2D eigenvalue weighted by atomic mass is 10.1. The molecule has 7 heteroatoms. The topological polar surface area (TPSA) is 79.6 Å². The predicted molar refractivity (Wildman–Crippen MR) is 82.5 cm³/mol. The van der Waals surface area contributed by atoms with E-state index in [9.17, 15) is 9.59 Å². The Hall–Kier alpha value is -2.18.